The van der Waals surface area contributed by atoms with E-state index in [9.17, 15) is 22.8 Å². The number of carbonyl (C=O) groups excluding carboxylic acids is 1. The maximum Gasteiger partial charge on any atom is 0.396 e. The number of likely N-dealkylation sites (N-methyl/N-ethyl adjacent to an activating group) is 1. The molecule has 2 aromatic carbocycles. The number of nitrogens with zero attached hydrogens (tertiary/aromatic N) is 2. The molecule has 7 nitrogen and oxygen atoms in total. The van der Waals surface area contributed by atoms with Crippen LogP contribution in [0.25, 0.3) is 0 Å². The van der Waals surface area contributed by atoms with Gasteiger partial charge in [-0.1, -0.05) is 42.3 Å². The second-order valence-corrected chi connectivity index (χ2v) is 9.19. The third-order valence-corrected chi connectivity index (χ3v) is 6.61. The summed E-state index contributed by atoms with van der Waals surface area (Å²) >= 11 is 12.4. The van der Waals surface area contributed by atoms with Crippen LogP contribution in [-0.2, 0) is 4.79 Å². The Labute approximate surface area is 219 Å². The molecule has 2 atom stereocenters. The van der Waals surface area contributed by atoms with Crippen LogP contribution in [0.1, 0.15) is 40.2 Å². The van der Waals surface area contributed by atoms with Gasteiger partial charge in [0.25, 0.3) is 5.91 Å². The molecule has 0 saturated carbocycles. The molecule has 3 aromatic rings. The van der Waals surface area contributed by atoms with E-state index in [1.807, 2.05) is 0 Å². The Balaban J connectivity index is 1.63. The molecule has 0 bridgehead atoms. The van der Waals surface area contributed by atoms with Gasteiger partial charge in [-0.15, -0.1) is 0 Å². The maximum absolute atomic E-state index is 14.3. The molecule has 4 rings (SSSR count). The van der Waals surface area contributed by atoms with E-state index in [4.69, 9.17) is 37.8 Å². The average molecular weight is 555 g/mol. The van der Waals surface area contributed by atoms with Crippen LogP contribution in [0.4, 0.5) is 18.9 Å². The summed E-state index contributed by atoms with van der Waals surface area (Å²) < 4.78 is 53.9. The first kappa shape index (κ1) is 26.6. The number of aromatic nitrogens is 1. The van der Waals surface area contributed by atoms with Crippen molar-refractivity contribution in [2.75, 3.05) is 18.6 Å². The van der Waals surface area contributed by atoms with Gasteiger partial charge in [-0.3, -0.25) is 4.79 Å². The molecule has 0 fully saturated rings. The van der Waals surface area contributed by atoms with Gasteiger partial charge in [0.05, 0.1) is 17.2 Å². The van der Waals surface area contributed by atoms with E-state index >= 15 is 0 Å². The first-order valence-electron chi connectivity index (χ1n) is 10.8. The van der Waals surface area contributed by atoms with Crippen molar-refractivity contribution < 1.29 is 37.3 Å². The molecule has 37 heavy (non-hydrogen) atoms. The zero-order chi connectivity index (χ0) is 27.1. The van der Waals surface area contributed by atoms with Crippen molar-refractivity contribution in [1.82, 2.24) is 4.98 Å². The highest BCUT2D eigenvalue weighted by atomic mass is 35.5. The standard InChI is InChI=1S/C25H19Cl2F3N2O5/c1-12(22(25(28,29)30)13-3-6-19-20(8-13)36-11-21(33)32(19)2)16-5-4-15(9-17(16)26)37-23-18(27)7-14(10-31-23)24(34)35/h3-10,12,22H,11H2,1-2H3,(H,34,35). The van der Waals surface area contributed by atoms with Crippen molar-refractivity contribution in [2.45, 2.75) is 24.9 Å². The van der Waals surface area contributed by atoms with E-state index in [0.29, 0.717) is 5.69 Å². The number of benzene rings is 2. The highest BCUT2D eigenvalue weighted by Crippen LogP contribution is 2.48. The summed E-state index contributed by atoms with van der Waals surface area (Å²) in [6.07, 6.45) is -3.56. The van der Waals surface area contributed by atoms with Crippen molar-refractivity contribution in [3.05, 3.63) is 75.4 Å². The van der Waals surface area contributed by atoms with E-state index in [2.05, 4.69) is 4.98 Å². The minimum Gasteiger partial charge on any atom is -0.482 e. The summed E-state index contributed by atoms with van der Waals surface area (Å²) in [4.78, 5) is 28.1. The quantitative estimate of drug-likeness (QED) is 0.365. The van der Waals surface area contributed by atoms with Crippen molar-refractivity contribution in [1.29, 1.82) is 0 Å². The Hall–Kier alpha value is -3.50. The van der Waals surface area contributed by atoms with E-state index in [0.717, 1.165) is 12.3 Å². The fourth-order valence-electron chi connectivity index (χ4n) is 4.10. The molecule has 1 aliphatic rings. The molecular formula is C25H19Cl2F3N2O5. The molecule has 194 valence electrons. The Morgan fingerprint density at radius 3 is 2.51 bits per heavy atom. The van der Waals surface area contributed by atoms with E-state index in [1.165, 1.54) is 55.3 Å². The molecule has 0 spiro atoms. The monoisotopic (exact) mass is 554 g/mol. The van der Waals surface area contributed by atoms with Crippen LogP contribution >= 0.6 is 23.2 Å². The van der Waals surface area contributed by atoms with E-state index in [-0.39, 0.29) is 56.6 Å². The molecule has 2 heterocycles. The zero-order valence-electron chi connectivity index (χ0n) is 19.3. The second-order valence-electron chi connectivity index (χ2n) is 8.38. The fraction of sp³-hybridized carbons (Fsp3) is 0.240. The lowest BCUT2D eigenvalue weighted by Crippen LogP contribution is -2.35. The Morgan fingerprint density at radius 1 is 1.16 bits per heavy atom. The van der Waals surface area contributed by atoms with Gasteiger partial charge in [-0.05, 0) is 47.4 Å². The first-order valence-corrected chi connectivity index (χ1v) is 11.6. The van der Waals surface area contributed by atoms with E-state index in [1.54, 1.807) is 0 Å². The summed E-state index contributed by atoms with van der Waals surface area (Å²) in [6.45, 7) is 1.16. The predicted octanol–water partition coefficient (Wildman–Crippen LogP) is 6.68. The minimum absolute atomic E-state index is 0.0251. The SMILES string of the molecule is CC(c1ccc(Oc2ncc(C(=O)O)cc2Cl)cc1Cl)C(c1ccc2c(c1)OCC(=O)N2C)C(F)(F)F. The van der Waals surface area contributed by atoms with Gasteiger partial charge in [-0.25, -0.2) is 9.78 Å². The molecule has 2 unspecified atom stereocenters. The number of amides is 1. The summed E-state index contributed by atoms with van der Waals surface area (Å²) in [6, 6.07) is 9.39. The number of carbonyl (C=O) groups is 2. The summed E-state index contributed by atoms with van der Waals surface area (Å²) in [7, 11) is 1.53. The van der Waals surface area contributed by atoms with Gasteiger partial charge in [0.1, 0.15) is 16.5 Å². The summed E-state index contributed by atoms with van der Waals surface area (Å²) in [5.74, 6) is -4.29. The molecule has 1 aromatic heterocycles. The predicted molar refractivity (Wildman–Crippen MR) is 130 cm³/mol. The Kier molecular flexibility index (Phi) is 7.25. The van der Waals surface area contributed by atoms with Crippen molar-refractivity contribution in [3.63, 3.8) is 0 Å². The number of carboxylic acid groups (broad SMARTS) is 1. The largest absolute Gasteiger partial charge is 0.482 e. The molecule has 0 radical (unpaired) electrons. The van der Waals surface area contributed by atoms with Crippen LogP contribution in [0.2, 0.25) is 10.0 Å². The number of anilines is 1. The number of aromatic carboxylic acids is 1. The van der Waals surface area contributed by atoms with Gasteiger partial charge in [-0.2, -0.15) is 13.2 Å². The van der Waals surface area contributed by atoms with Gasteiger partial charge in [0.15, 0.2) is 6.61 Å². The van der Waals surface area contributed by atoms with Crippen molar-refractivity contribution >= 4 is 40.8 Å². The van der Waals surface area contributed by atoms with Crippen molar-refractivity contribution in [3.8, 4) is 17.4 Å². The van der Waals surface area contributed by atoms with Crippen LogP contribution in [0, 0.1) is 0 Å². The van der Waals surface area contributed by atoms with Gasteiger partial charge in [0.2, 0.25) is 5.88 Å². The number of halogens is 5. The summed E-state index contributed by atoms with van der Waals surface area (Å²) in [5, 5.41) is 8.98. The highest BCUT2D eigenvalue weighted by Gasteiger charge is 2.45. The number of carboxylic acids is 1. The van der Waals surface area contributed by atoms with Gasteiger partial charge < -0.3 is 19.5 Å². The van der Waals surface area contributed by atoms with Crippen LogP contribution in [-0.4, -0.2) is 41.8 Å². The normalized spacial score (nSPS) is 15.0. The minimum atomic E-state index is -4.62. The third-order valence-electron chi connectivity index (χ3n) is 6.01. The van der Waals surface area contributed by atoms with E-state index < -0.39 is 24.0 Å². The average Bonchev–Trinajstić information content (AvgIpc) is 2.82. The van der Waals surface area contributed by atoms with Crippen LogP contribution in [0.3, 0.4) is 0 Å². The second kappa shape index (κ2) is 10.1. The molecule has 0 aliphatic carbocycles. The van der Waals surface area contributed by atoms with Gasteiger partial charge in [0, 0.05) is 18.3 Å². The smallest absolute Gasteiger partial charge is 0.396 e. The first-order chi connectivity index (χ1) is 17.4. The Bertz CT molecular complexity index is 1380. The Morgan fingerprint density at radius 2 is 1.89 bits per heavy atom. The maximum atomic E-state index is 14.3. The van der Waals surface area contributed by atoms with Crippen LogP contribution < -0.4 is 14.4 Å². The molecular weight excluding hydrogens is 536 g/mol. The third kappa shape index (κ3) is 5.45. The molecule has 0 saturated heterocycles. The number of rotatable bonds is 6. The molecule has 12 heteroatoms. The van der Waals surface area contributed by atoms with Crippen molar-refractivity contribution in [2.24, 2.45) is 0 Å². The highest BCUT2D eigenvalue weighted by molar-refractivity contribution is 6.32. The number of fused-ring (bicyclic) bond motifs is 1. The lowest BCUT2D eigenvalue weighted by molar-refractivity contribution is -0.154. The molecule has 1 amide bonds. The lowest BCUT2D eigenvalue weighted by Gasteiger charge is -2.30. The number of alkyl halides is 3. The van der Waals surface area contributed by atoms with Crippen LogP contribution in [0.15, 0.2) is 48.7 Å². The summed E-state index contributed by atoms with van der Waals surface area (Å²) in [5.41, 5.74) is 0.440. The zero-order valence-corrected chi connectivity index (χ0v) is 20.9. The fourth-order valence-corrected chi connectivity index (χ4v) is 4.65. The topological polar surface area (TPSA) is 89.0 Å². The number of hydrogen-bond donors (Lipinski definition) is 1. The van der Waals surface area contributed by atoms with Gasteiger partial charge >= 0.3 is 12.1 Å². The number of hydrogen-bond acceptors (Lipinski definition) is 5. The molecule has 1 aliphatic heterocycles. The molecule has 1 N–H and O–H groups in total. The number of ether oxygens (including phenoxy) is 2. The number of pyridine rings is 1. The lowest BCUT2D eigenvalue weighted by atomic mass is 9.82. The van der Waals surface area contributed by atoms with Crippen LogP contribution in [0.5, 0.6) is 17.4 Å².